The van der Waals surface area contributed by atoms with Crippen molar-refractivity contribution >= 4 is 50.8 Å². The normalized spacial score (nSPS) is 11.0. The van der Waals surface area contributed by atoms with Gasteiger partial charge in [0.15, 0.2) is 5.16 Å². The predicted molar refractivity (Wildman–Crippen MR) is 104 cm³/mol. The number of thioether (sulfide) groups is 1. The lowest BCUT2D eigenvalue weighted by Crippen LogP contribution is -2.26. The maximum Gasteiger partial charge on any atom is 0.272 e. The van der Waals surface area contributed by atoms with Gasteiger partial charge in [0.1, 0.15) is 4.70 Å². The summed E-state index contributed by atoms with van der Waals surface area (Å²) in [6.07, 6.45) is 0. The Labute approximate surface area is 158 Å². The van der Waals surface area contributed by atoms with Crippen LogP contribution in [0.5, 0.6) is 0 Å². The maximum atomic E-state index is 12.4. The summed E-state index contributed by atoms with van der Waals surface area (Å²) < 4.78 is 2.26. The predicted octanol–water partition coefficient (Wildman–Crippen LogP) is 3.54. The second-order valence-electron chi connectivity index (χ2n) is 5.27. The van der Waals surface area contributed by atoms with Crippen LogP contribution in [0.2, 0.25) is 5.02 Å². The Morgan fingerprint density at radius 3 is 2.80 bits per heavy atom. The number of aromatic nitrogens is 2. The Kier molecular flexibility index (Phi) is 5.78. The minimum atomic E-state index is -0.109. The molecule has 130 valence electrons. The number of carbonyl (C=O) groups is 1. The Bertz CT molecular complexity index is 951. The fourth-order valence-corrected chi connectivity index (χ4v) is 4.09. The van der Waals surface area contributed by atoms with E-state index in [1.54, 1.807) is 16.7 Å². The fraction of sp³-hybridized carbons (Fsp3) is 0.235. The third-order valence-electron chi connectivity index (χ3n) is 3.58. The molecule has 0 bridgehead atoms. The van der Waals surface area contributed by atoms with Gasteiger partial charge < -0.3 is 5.32 Å². The molecule has 0 aliphatic carbocycles. The smallest absolute Gasteiger partial charge is 0.272 e. The van der Waals surface area contributed by atoms with Crippen molar-refractivity contribution in [2.45, 2.75) is 25.2 Å². The number of nitrogens with one attached hydrogen (secondary N) is 1. The molecule has 1 aromatic carbocycles. The van der Waals surface area contributed by atoms with Gasteiger partial charge in [-0.2, -0.15) is 0 Å². The zero-order chi connectivity index (χ0) is 17.8. The van der Waals surface area contributed by atoms with E-state index in [1.165, 1.54) is 23.1 Å². The van der Waals surface area contributed by atoms with Gasteiger partial charge in [-0.15, -0.1) is 11.3 Å². The van der Waals surface area contributed by atoms with Crippen LogP contribution >= 0.6 is 34.7 Å². The van der Waals surface area contributed by atoms with Crippen molar-refractivity contribution in [1.82, 2.24) is 14.9 Å². The molecule has 0 atom stereocenters. The summed E-state index contributed by atoms with van der Waals surface area (Å²) in [4.78, 5) is 29.0. The average Bonchev–Trinajstić information content (AvgIpc) is 3.08. The van der Waals surface area contributed by atoms with E-state index in [-0.39, 0.29) is 17.2 Å². The monoisotopic (exact) mass is 393 g/mol. The molecule has 3 aromatic rings. The molecule has 5 nitrogen and oxygen atoms in total. The van der Waals surface area contributed by atoms with Crippen molar-refractivity contribution in [1.29, 1.82) is 0 Å². The van der Waals surface area contributed by atoms with Crippen LogP contribution in [0.4, 0.5) is 0 Å². The van der Waals surface area contributed by atoms with E-state index < -0.39 is 0 Å². The molecule has 25 heavy (non-hydrogen) atoms. The van der Waals surface area contributed by atoms with E-state index in [4.69, 9.17) is 11.6 Å². The Hall–Kier alpha value is -1.83. The standard InChI is InChI=1S/C17H16ClN3O2S2/c1-2-21-16(23)15-13(7-8-24-15)20-17(21)25-10-14(22)19-9-11-3-5-12(18)6-4-11/h3-8H,2,9-10H2,1H3,(H,19,22). The van der Waals surface area contributed by atoms with Gasteiger partial charge in [0, 0.05) is 18.1 Å². The largest absolute Gasteiger partial charge is 0.351 e. The number of amides is 1. The maximum absolute atomic E-state index is 12.4. The third kappa shape index (κ3) is 4.23. The topological polar surface area (TPSA) is 64.0 Å². The van der Waals surface area contributed by atoms with E-state index >= 15 is 0 Å². The van der Waals surface area contributed by atoms with Crippen LogP contribution < -0.4 is 10.9 Å². The van der Waals surface area contributed by atoms with Crippen LogP contribution in [-0.4, -0.2) is 21.2 Å². The molecule has 0 aliphatic heterocycles. The van der Waals surface area contributed by atoms with Crippen LogP contribution in [0, 0.1) is 0 Å². The van der Waals surface area contributed by atoms with Crippen LogP contribution in [-0.2, 0) is 17.9 Å². The highest BCUT2D eigenvalue weighted by Crippen LogP contribution is 2.20. The molecule has 2 heterocycles. The molecular weight excluding hydrogens is 378 g/mol. The number of thiophene rings is 1. The lowest BCUT2D eigenvalue weighted by Gasteiger charge is -2.10. The van der Waals surface area contributed by atoms with Crippen LogP contribution in [0.3, 0.4) is 0 Å². The van der Waals surface area contributed by atoms with E-state index in [2.05, 4.69) is 10.3 Å². The quantitative estimate of drug-likeness (QED) is 0.514. The van der Waals surface area contributed by atoms with Crippen molar-refractivity contribution in [2.24, 2.45) is 0 Å². The van der Waals surface area contributed by atoms with E-state index in [1.807, 2.05) is 30.5 Å². The van der Waals surface area contributed by atoms with Crippen LogP contribution in [0.15, 0.2) is 45.7 Å². The molecule has 0 aliphatic rings. The molecule has 0 saturated carbocycles. The molecule has 1 amide bonds. The van der Waals surface area contributed by atoms with Crippen molar-refractivity contribution in [2.75, 3.05) is 5.75 Å². The van der Waals surface area contributed by atoms with Gasteiger partial charge in [0.25, 0.3) is 5.56 Å². The molecule has 8 heteroatoms. The first-order chi connectivity index (χ1) is 12.1. The van der Waals surface area contributed by atoms with Crippen molar-refractivity contribution < 1.29 is 4.79 Å². The van der Waals surface area contributed by atoms with Gasteiger partial charge in [-0.3, -0.25) is 14.2 Å². The Morgan fingerprint density at radius 1 is 1.32 bits per heavy atom. The summed E-state index contributed by atoms with van der Waals surface area (Å²) in [6.45, 7) is 2.86. The summed E-state index contributed by atoms with van der Waals surface area (Å²) in [5, 5.41) is 5.94. The molecule has 0 fully saturated rings. The van der Waals surface area contributed by atoms with Gasteiger partial charge in [-0.1, -0.05) is 35.5 Å². The summed E-state index contributed by atoms with van der Waals surface area (Å²) in [7, 11) is 0. The molecule has 0 saturated heterocycles. The lowest BCUT2D eigenvalue weighted by molar-refractivity contribution is -0.118. The van der Waals surface area contributed by atoms with Gasteiger partial charge >= 0.3 is 0 Å². The minimum Gasteiger partial charge on any atom is -0.351 e. The summed E-state index contributed by atoms with van der Waals surface area (Å²) in [5.41, 5.74) is 1.61. The van der Waals surface area contributed by atoms with Gasteiger partial charge in [-0.25, -0.2) is 4.98 Å². The second-order valence-corrected chi connectivity index (χ2v) is 7.57. The minimum absolute atomic E-state index is 0.0495. The fourth-order valence-electron chi connectivity index (χ4n) is 2.30. The number of fused-ring (bicyclic) bond motifs is 1. The first kappa shape index (κ1) is 18.0. The second kappa shape index (κ2) is 8.03. The molecule has 0 radical (unpaired) electrons. The van der Waals surface area contributed by atoms with Gasteiger partial charge in [0.05, 0.1) is 11.3 Å². The highest BCUT2D eigenvalue weighted by atomic mass is 35.5. The third-order valence-corrected chi connectivity index (χ3v) is 5.70. The number of nitrogens with zero attached hydrogens (tertiary/aromatic N) is 2. The molecule has 2 aromatic heterocycles. The first-order valence-corrected chi connectivity index (χ1v) is 9.94. The molecular formula is C17H16ClN3O2S2. The molecule has 0 spiro atoms. The Morgan fingerprint density at radius 2 is 2.08 bits per heavy atom. The highest BCUT2D eigenvalue weighted by molar-refractivity contribution is 7.99. The van der Waals surface area contributed by atoms with Crippen molar-refractivity contribution in [3.8, 4) is 0 Å². The summed E-state index contributed by atoms with van der Waals surface area (Å²) in [5.74, 6) is 0.0950. The zero-order valence-corrected chi connectivity index (χ0v) is 15.9. The molecule has 1 N–H and O–H groups in total. The first-order valence-electron chi connectivity index (χ1n) is 7.70. The molecule has 0 unspecified atom stereocenters. The summed E-state index contributed by atoms with van der Waals surface area (Å²) >= 11 is 8.50. The van der Waals surface area contributed by atoms with Crippen molar-refractivity contribution in [3.05, 3.63) is 56.7 Å². The van der Waals surface area contributed by atoms with E-state index in [9.17, 15) is 9.59 Å². The number of carbonyl (C=O) groups excluding carboxylic acids is 1. The van der Waals surface area contributed by atoms with E-state index in [0.717, 1.165) is 5.56 Å². The van der Waals surface area contributed by atoms with Crippen LogP contribution in [0.1, 0.15) is 12.5 Å². The average molecular weight is 394 g/mol. The highest BCUT2D eigenvalue weighted by Gasteiger charge is 2.13. The van der Waals surface area contributed by atoms with E-state index in [0.29, 0.717) is 33.5 Å². The lowest BCUT2D eigenvalue weighted by atomic mass is 10.2. The summed E-state index contributed by atoms with van der Waals surface area (Å²) in [6, 6.07) is 9.15. The zero-order valence-electron chi connectivity index (χ0n) is 13.5. The number of rotatable bonds is 6. The number of benzene rings is 1. The van der Waals surface area contributed by atoms with Gasteiger partial charge in [-0.05, 0) is 36.1 Å². The number of hydrogen-bond acceptors (Lipinski definition) is 5. The number of halogens is 1. The van der Waals surface area contributed by atoms with Crippen molar-refractivity contribution in [3.63, 3.8) is 0 Å². The molecule has 3 rings (SSSR count). The number of hydrogen-bond donors (Lipinski definition) is 1. The van der Waals surface area contributed by atoms with Gasteiger partial charge in [0.2, 0.25) is 5.91 Å². The van der Waals surface area contributed by atoms with Crippen LogP contribution in [0.25, 0.3) is 10.2 Å². The Balaban J connectivity index is 1.64. The SMILES string of the molecule is CCn1c(SCC(=O)NCc2ccc(Cl)cc2)nc2ccsc2c1=O.